The van der Waals surface area contributed by atoms with Crippen LogP contribution in [0.15, 0.2) is 55.0 Å². The van der Waals surface area contributed by atoms with Crippen molar-refractivity contribution in [2.75, 3.05) is 0 Å². The molecule has 4 nitrogen and oxygen atoms in total. The van der Waals surface area contributed by atoms with Gasteiger partial charge in [0.25, 0.3) is 5.91 Å². The average molecular weight is 377 g/mol. The van der Waals surface area contributed by atoms with E-state index in [1.165, 1.54) is 11.6 Å². The van der Waals surface area contributed by atoms with E-state index in [2.05, 4.69) is 22.2 Å². The predicted molar refractivity (Wildman–Crippen MR) is 108 cm³/mol. The molecular formula is C23H24FN3O. The molecule has 1 amide bonds. The lowest BCUT2D eigenvalue weighted by molar-refractivity contribution is 0.0917. The maximum atomic E-state index is 13.7. The van der Waals surface area contributed by atoms with Crippen molar-refractivity contribution in [3.8, 4) is 0 Å². The van der Waals surface area contributed by atoms with E-state index in [-0.39, 0.29) is 17.8 Å². The summed E-state index contributed by atoms with van der Waals surface area (Å²) in [5.74, 6) is 0.562. The normalized spacial score (nSPS) is 20.6. The van der Waals surface area contributed by atoms with Gasteiger partial charge in [0.05, 0.1) is 11.1 Å². The van der Waals surface area contributed by atoms with Gasteiger partial charge in [-0.2, -0.15) is 0 Å². The van der Waals surface area contributed by atoms with E-state index < -0.39 is 0 Å². The summed E-state index contributed by atoms with van der Waals surface area (Å²) in [7, 11) is 0. The summed E-state index contributed by atoms with van der Waals surface area (Å²) in [6, 6.07) is 10.5. The zero-order valence-corrected chi connectivity index (χ0v) is 15.9. The number of aromatic nitrogens is 2. The first-order valence-corrected chi connectivity index (χ1v) is 9.87. The molecule has 2 heterocycles. The molecular weight excluding hydrogens is 353 g/mol. The standard InChI is InChI=1S/C23H24FN3O/c1-15(27-23(28)18-3-2-11-25-14-18)16-4-6-17(7-5-16)20-10-12-26-22-9-8-19(24)13-21(20)22/h2-3,8-17H,4-7H2,1H3,(H,27,28)/t15?,16-,17+. The Morgan fingerprint density at radius 3 is 2.71 bits per heavy atom. The van der Waals surface area contributed by atoms with Crippen molar-refractivity contribution in [3.63, 3.8) is 0 Å². The minimum absolute atomic E-state index is 0.0710. The van der Waals surface area contributed by atoms with E-state index in [0.717, 1.165) is 36.6 Å². The molecule has 0 radical (unpaired) electrons. The topological polar surface area (TPSA) is 54.9 Å². The molecule has 1 saturated carbocycles. The third-order valence-electron chi connectivity index (χ3n) is 5.94. The molecule has 0 spiro atoms. The number of carbonyl (C=O) groups is 1. The molecule has 1 aliphatic carbocycles. The molecule has 1 N–H and O–H groups in total. The van der Waals surface area contributed by atoms with E-state index in [1.807, 2.05) is 12.3 Å². The number of pyridine rings is 2. The Morgan fingerprint density at radius 1 is 1.14 bits per heavy atom. The lowest BCUT2D eigenvalue weighted by Gasteiger charge is -2.33. The van der Waals surface area contributed by atoms with Crippen molar-refractivity contribution in [1.29, 1.82) is 0 Å². The first-order chi connectivity index (χ1) is 13.6. The van der Waals surface area contributed by atoms with Gasteiger partial charge in [-0.1, -0.05) is 0 Å². The summed E-state index contributed by atoms with van der Waals surface area (Å²) in [5.41, 5.74) is 2.63. The van der Waals surface area contributed by atoms with Crippen LogP contribution in [0.5, 0.6) is 0 Å². The highest BCUT2D eigenvalue weighted by Crippen LogP contribution is 2.39. The lowest BCUT2D eigenvalue weighted by atomic mass is 9.75. The number of halogens is 1. The molecule has 1 aliphatic rings. The second-order valence-electron chi connectivity index (χ2n) is 7.68. The molecule has 1 fully saturated rings. The van der Waals surface area contributed by atoms with Crippen LogP contribution in [0, 0.1) is 11.7 Å². The second kappa shape index (κ2) is 8.05. The van der Waals surface area contributed by atoms with Gasteiger partial charge in [0.15, 0.2) is 0 Å². The van der Waals surface area contributed by atoms with Gasteiger partial charge in [-0.25, -0.2) is 4.39 Å². The van der Waals surface area contributed by atoms with E-state index in [9.17, 15) is 9.18 Å². The Bertz CT molecular complexity index is 968. The Kier molecular flexibility index (Phi) is 5.33. The number of nitrogens with one attached hydrogen (secondary N) is 1. The largest absolute Gasteiger partial charge is 0.349 e. The third-order valence-corrected chi connectivity index (χ3v) is 5.94. The van der Waals surface area contributed by atoms with Gasteiger partial charge in [-0.3, -0.25) is 14.8 Å². The van der Waals surface area contributed by atoms with Gasteiger partial charge in [-0.05, 0) is 86.4 Å². The number of nitrogens with zero attached hydrogens (tertiary/aromatic N) is 2. The summed E-state index contributed by atoms with van der Waals surface area (Å²) in [5, 5.41) is 4.04. The van der Waals surface area contributed by atoms with Crippen LogP contribution in [0.4, 0.5) is 4.39 Å². The lowest BCUT2D eigenvalue weighted by Crippen LogP contribution is -2.39. The van der Waals surface area contributed by atoms with E-state index >= 15 is 0 Å². The third kappa shape index (κ3) is 3.88. The van der Waals surface area contributed by atoms with Gasteiger partial charge in [0.2, 0.25) is 0 Å². The molecule has 5 heteroatoms. The Morgan fingerprint density at radius 2 is 1.96 bits per heavy atom. The van der Waals surface area contributed by atoms with Crippen molar-refractivity contribution < 1.29 is 9.18 Å². The Labute approximate surface area is 164 Å². The minimum Gasteiger partial charge on any atom is -0.349 e. The number of hydrogen-bond acceptors (Lipinski definition) is 3. The van der Waals surface area contributed by atoms with Crippen LogP contribution in [-0.2, 0) is 0 Å². The van der Waals surface area contributed by atoms with Crippen molar-refractivity contribution >= 4 is 16.8 Å². The van der Waals surface area contributed by atoms with E-state index in [0.29, 0.717) is 17.4 Å². The van der Waals surface area contributed by atoms with Gasteiger partial charge >= 0.3 is 0 Å². The van der Waals surface area contributed by atoms with Crippen LogP contribution >= 0.6 is 0 Å². The van der Waals surface area contributed by atoms with Crippen LogP contribution in [0.1, 0.15) is 54.4 Å². The fourth-order valence-corrected chi connectivity index (χ4v) is 4.33. The molecule has 2 aromatic heterocycles. The average Bonchev–Trinajstić information content (AvgIpc) is 2.74. The van der Waals surface area contributed by atoms with Crippen molar-refractivity contribution in [2.45, 2.75) is 44.6 Å². The smallest absolute Gasteiger partial charge is 0.253 e. The number of amides is 1. The molecule has 1 aromatic carbocycles. The maximum absolute atomic E-state index is 13.7. The second-order valence-corrected chi connectivity index (χ2v) is 7.68. The van der Waals surface area contributed by atoms with Gasteiger partial charge in [0.1, 0.15) is 5.82 Å². The maximum Gasteiger partial charge on any atom is 0.253 e. The van der Waals surface area contributed by atoms with Crippen LogP contribution < -0.4 is 5.32 Å². The zero-order chi connectivity index (χ0) is 19.5. The molecule has 144 valence electrons. The first-order valence-electron chi connectivity index (χ1n) is 9.87. The summed E-state index contributed by atoms with van der Waals surface area (Å²) >= 11 is 0. The molecule has 3 aromatic rings. The molecule has 1 unspecified atom stereocenters. The summed E-state index contributed by atoms with van der Waals surface area (Å²) < 4.78 is 13.7. The Balaban J connectivity index is 1.41. The predicted octanol–water partition coefficient (Wildman–Crippen LogP) is 4.86. The molecule has 1 atom stereocenters. The van der Waals surface area contributed by atoms with Gasteiger partial charge in [-0.15, -0.1) is 0 Å². The molecule has 0 bridgehead atoms. The van der Waals surface area contributed by atoms with Crippen LogP contribution in [-0.4, -0.2) is 21.9 Å². The minimum atomic E-state index is -0.220. The molecule has 0 aliphatic heterocycles. The van der Waals surface area contributed by atoms with Crippen LogP contribution in [0.2, 0.25) is 0 Å². The zero-order valence-electron chi connectivity index (χ0n) is 15.9. The van der Waals surface area contributed by atoms with E-state index in [4.69, 9.17) is 0 Å². The summed E-state index contributed by atoms with van der Waals surface area (Å²) in [4.78, 5) is 20.7. The number of fused-ring (bicyclic) bond motifs is 1. The van der Waals surface area contributed by atoms with Crippen LogP contribution in [0.25, 0.3) is 10.9 Å². The molecule has 0 saturated heterocycles. The number of benzene rings is 1. The highest BCUT2D eigenvalue weighted by atomic mass is 19.1. The van der Waals surface area contributed by atoms with Crippen LogP contribution in [0.3, 0.4) is 0 Å². The van der Waals surface area contributed by atoms with Gasteiger partial charge < -0.3 is 5.32 Å². The van der Waals surface area contributed by atoms with Crippen molar-refractivity contribution in [3.05, 3.63) is 71.9 Å². The molecule has 4 rings (SSSR count). The summed E-state index contributed by atoms with van der Waals surface area (Å²) in [6.45, 7) is 2.08. The van der Waals surface area contributed by atoms with E-state index in [1.54, 1.807) is 36.7 Å². The highest BCUT2D eigenvalue weighted by molar-refractivity contribution is 5.94. The number of rotatable bonds is 4. The highest BCUT2D eigenvalue weighted by Gasteiger charge is 2.28. The van der Waals surface area contributed by atoms with Gasteiger partial charge in [0, 0.05) is 30.0 Å². The monoisotopic (exact) mass is 377 g/mol. The first kappa shape index (κ1) is 18.5. The van der Waals surface area contributed by atoms with Crippen molar-refractivity contribution in [2.24, 2.45) is 5.92 Å². The van der Waals surface area contributed by atoms with Crippen molar-refractivity contribution in [1.82, 2.24) is 15.3 Å². The summed E-state index contributed by atoms with van der Waals surface area (Å²) in [6.07, 6.45) is 9.22. The fraction of sp³-hybridized carbons (Fsp3) is 0.348. The SMILES string of the molecule is CC(NC(=O)c1cccnc1)[C@H]1CC[C@@H](c2ccnc3ccc(F)cc32)CC1. The number of carbonyl (C=O) groups excluding carboxylic acids is 1. The molecule has 28 heavy (non-hydrogen) atoms. The fourth-order valence-electron chi connectivity index (χ4n) is 4.33. The quantitative estimate of drug-likeness (QED) is 0.706. The Hall–Kier alpha value is -2.82. The number of hydrogen-bond donors (Lipinski definition) is 1.